The standard InChI is InChI=1S/C13H11N3O/c1-9-12(5-6-15-9)13(17)16-11-4-2-3-10(7-11)8-14/h2-7,15H,1H3,(H,16,17). The van der Waals surface area contributed by atoms with Gasteiger partial charge in [-0.15, -0.1) is 0 Å². The molecule has 4 heteroatoms. The van der Waals surface area contributed by atoms with Crippen LogP contribution in [0, 0.1) is 18.3 Å². The van der Waals surface area contributed by atoms with E-state index in [2.05, 4.69) is 10.3 Å². The van der Waals surface area contributed by atoms with Crippen molar-refractivity contribution in [2.75, 3.05) is 5.32 Å². The minimum Gasteiger partial charge on any atom is -0.365 e. The van der Waals surface area contributed by atoms with E-state index in [1.165, 1.54) is 0 Å². The number of nitriles is 1. The van der Waals surface area contributed by atoms with Gasteiger partial charge in [-0.1, -0.05) is 6.07 Å². The van der Waals surface area contributed by atoms with Gasteiger partial charge in [0.05, 0.1) is 17.2 Å². The molecule has 0 unspecified atom stereocenters. The van der Waals surface area contributed by atoms with E-state index in [0.29, 0.717) is 16.8 Å². The first-order valence-electron chi connectivity index (χ1n) is 5.16. The number of carbonyl (C=O) groups excluding carboxylic acids is 1. The molecule has 0 saturated heterocycles. The summed E-state index contributed by atoms with van der Waals surface area (Å²) in [5.41, 5.74) is 2.56. The SMILES string of the molecule is Cc1[nH]ccc1C(=O)Nc1cccc(C#N)c1. The average molecular weight is 225 g/mol. The third-order valence-electron chi connectivity index (χ3n) is 2.45. The minimum absolute atomic E-state index is 0.182. The molecule has 0 spiro atoms. The summed E-state index contributed by atoms with van der Waals surface area (Å²) in [4.78, 5) is 14.8. The summed E-state index contributed by atoms with van der Waals surface area (Å²) in [5.74, 6) is -0.182. The topological polar surface area (TPSA) is 68.7 Å². The Bertz CT molecular complexity index is 593. The fraction of sp³-hybridized carbons (Fsp3) is 0.0769. The Balaban J connectivity index is 2.19. The first-order valence-corrected chi connectivity index (χ1v) is 5.16. The predicted octanol–water partition coefficient (Wildman–Crippen LogP) is 2.45. The maximum absolute atomic E-state index is 11.9. The number of anilines is 1. The van der Waals surface area contributed by atoms with Crippen molar-refractivity contribution in [2.24, 2.45) is 0 Å². The Morgan fingerprint density at radius 3 is 2.88 bits per heavy atom. The van der Waals surface area contributed by atoms with Crippen molar-refractivity contribution in [3.05, 3.63) is 53.3 Å². The van der Waals surface area contributed by atoms with Crippen molar-refractivity contribution in [1.29, 1.82) is 5.26 Å². The average Bonchev–Trinajstić information content (AvgIpc) is 2.76. The quantitative estimate of drug-likeness (QED) is 0.824. The fourth-order valence-electron chi connectivity index (χ4n) is 1.56. The zero-order chi connectivity index (χ0) is 12.3. The number of hydrogen-bond acceptors (Lipinski definition) is 2. The third-order valence-corrected chi connectivity index (χ3v) is 2.45. The molecular formula is C13H11N3O. The van der Waals surface area contributed by atoms with E-state index in [9.17, 15) is 4.79 Å². The number of aromatic nitrogens is 1. The van der Waals surface area contributed by atoms with E-state index in [1.54, 1.807) is 36.5 Å². The fourth-order valence-corrected chi connectivity index (χ4v) is 1.56. The smallest absolute Gasteiger partial charge is 0.257 e. The van der Waals surface area contributed by atoms with Crippen molar-refractivity contribution in [3.8, 4) is 6.07 Å². The highest BCUT2D eigenvalue weighted by molar-refractivity contribution is 6.05. The molecule has 2 N–H and O–H groups in total. The Hall–Kier alpha value is -2.54. The van der Waals surface area contributed by atoms with Gasteiger partial charge in [-0.25, -0.2) is 0 Å². The minimum atomic E-state index is -0.182. The van der Waals surface area contributed by atoms with Crippen LogP contribution in [-0.2, 0) is 0 Å². The number of aryl methyl sites for hydroxylation is 1. The molecule has 2 rings (SSSR count). The summed E-state index contributed by atoms with van der Waals surface area (Å²) in [7, 11) is 0. The molecule has 2 aromatic rings. The molecule has 1 amide bonds. The molecular weight excluding hydrogens is 214 g/mol. The van der Waals surface area contributed by atoms with Crippen LogP contribution in [0.1, 0.15) is 21.6 Å². The van der Waals surface area contributed by atoms with Crippen LogP contribution in [0.15, 0.2) is 36.5 Å². The summed E-state index contributed by atoms with van der Waals surface area (Å²) in [5, 5.41) is 11.5. The van der Waals surface area contributed by atoms with E-state index >= 15 is 0 Å². The number of H-pyrrole nitrogens is 1. The van der Waals surface area contributed by atoms with E-state index in [4.69, 9.17) is 5.26 Å². The van der Waals surface area contributed by atoms with Crippen molar-refractivity contribution in [2.45, 2.75) is 6.92 Å². The number of nitrogens with zero attached hydrogens (tertiary/aromatic N) is 1. The summed E-state index contributed by atoms with van der Waals surface area (Å²) < 4.78 is 0. The van der Waals surface area contributed by atoms with Crippen LogP contribution < -0.4 is 5.32 Å². The predicted molar refractivity (Wildman–Crippen MR) is 64.6 cm³/mol. The van der Waals surface area contributed by atoms with Crippen LogP contribution in [0.2, 0.25) is 0 Å². The Kier molecular flexibility index (Phi) is 2.93. The zero-order valence-electron chi connectivity index (χ0n) is 9.32. The molecule has 1 heterocycles. The highest BCUT2D eigenvalue weighted by Gasteiger charge is 2.09. The monoisotopic (exact) mass is 225 g/mol. The van der Waals surface area contributed by atoms with Gasteiger partial charge in [0.1, 0.15) is 0 Å². The van der Waals surface area contributed by atoms with Gasteiger partial charge in [-0.05, 0) is 31.2 Å². The van der Waals surface area contributed by atoms with Gasteiger partial charge >= 0.3 is 0 Å². The normalized spacial score (nSPS) is 9.65. The van der Waals surface area contributed by atoms with E-state index < -0.39 is 0 Å². The molecule has 0 aliphatic carbocycles. The number of benzene rings is 1. The summed E-state index contributed by atoms with van der Waals surface area (Å²) in [6.07, 6.45) is 1.72. The zero-order valence-corrected chi connectivity index (χ0v) is 9.32. The van der Waals surface area contributed by atoms with Crippen LogP contribution in [0.3, 0.4) is 0 Å². The van der Waals surface area contributed by atoms with Gasteiger partial charge in [0.2, 0.25) is 0 Å². The van der Waals surface area contributed by atoms with Crippen LogP contribution in [-0.4, -0.2) is 10.9 Å². The molecule has 4 nitrogen and oxygen atoms in total. The van der Waals surface area contributed by atoms with Gasteiger partial charge in [0.25, 0.3) is 5.91 Å². The lowest BCUT2D eigenvalue weighted by atomic mass is 10.2. The van der Waals surface area contributed by atoms with Crippen LogP contribution in [0.4, 0.5) is 5.69 Å². The number of nitrogens with one attached hydrogen (secondary N) is 2. The maximum atomic E-state index is 11.9. The molecule has 0 aliphatic heterocycles. The van der Waals surface area contributed by atoms with Crippen molar-refractivity contribution >= 4 is 11.6 Å². The highest BCUT2D eigenvalue weighted by Crippen LogP contribution is 2.13. The lowest BCUT2D eigenvalue weighted by Crippen LogP contribution is -2.12. The van der Waals surface area contributed by atoms with Crippen LogP contribution in [0.25, 0.3) is 0 Å². The number of rotatable bonds is 2. The van der Waals surface area contributed by atoms with Crippen molar-refractivity contribution in [1.82, 2.24) is 4.98 Å². The lowest BCUT2D eigenvalue weighted by molar-refractivity contribution is 0.102. The molecule has 0 fully saturated rings. The maximum Gasteiger partial charge on any atom is 0.257 e. The highest BCUT2D eigenvalue weighted by atomic mass is 16.1. The number of aromatic amines is 1. The Labute approximate surface area is 98.9 Å². The summed E-state index contributed by atoms with van der Waals surface area (Å²) >= 11 is 0. The van der Waals surface area contributed by atoms with Gasteiger partial charge in [0, 0.05) is 17.6 Å². The molecule has 1 aromatic carbocycles. The lowest BCUT2D eigenvalue weighted by Gasteiger charge is -2.04. The van der Waals surface area contributed by atoms with Crippen LogP contribution in [0.5, 0.6) is 0 Å². The van der Waals surface area contributed by atoms with E-state index in [0.717, 1.165) is 5.69 Å². The molecule has 0 atom stereocenters. The second-order valence-electron chi connectivity index (χ2n) is 3.66. The van der Waals surface area contributed by atoms with Crippen molar-refractivity contribution in [3.63, 3.8) is 0 Å². The molecule has 84 valence electrons. The van der Waals surface area contributed by atoms with Gasteiger partial charge < -0.3 is 10.3 Å². The van der Waals surface area contributed by atoms with E-state index in [1.807, 2.05) is 13.0 Å². The molecule has 0 radical (unpaired) electrons. The molecule has 0 aliphatic rings. The van der Waals surface area contributed by atoms with Crippen molar-refractivity contribution < 1.29 is 4.79 Å². The third kappa shape index (κ3) is 2.34. The molecule has 0 bridgehead atoms. The molecule has 0 saturated carbocycles. The van der Waals surface area contributed by atoms with E-state index in [-0.39, 0.29) is 5.91 Å². The second-order valence-corrected chi connectivity index (χ2v) is 3.66. The first-order chi connectivity index (χ1) is 8.20. The van der Waals surface area contributed by atoms with Gasteiger partial charge in [-0.3, -0.25) is 4.79 Å². The number of amides is 1. The summed E-state index contributed by atoms with van der Waals surface area (Å²) in [6, 6.07) is 10.6. The summed E-state index contributed by atoms with van der Waals surface area (Å²) in [6.45, 7) is 1.83. The van der Waals surface area contributed by atoms with Gasteiger partial charge in [0.15, 0.2) is 0 Å². The first kappa shape index (κ1) is 11.0. The van der Waals surface area contributed by atoms with Gasteiger partial charge in [-0.2, -0.15) is 5.26 Å². The molecule has 1 aromatic heterocycles. The number of carbonyl (C=O) groups is 1. The largest absolute Gasteiger partial charge is 0.365 e. The molecule has 17 heavy (non-hydrogen) atoms. The Morgan fingerprint density at radius 1 is 1.41 bits per heavy atom. The Morgan fingerprint density at radius 2 is 2.24 bits per heavy atom. The van der Waals surface area contributed by atoms with Crippen LogP contribution >= 0.6 is 0 Å². The second kappa shape index (κ2) is 4.54. The number of hydrogen-bond donors (Lipinski definition) is 2.